The molecule has 0 atom stereocenters. The summed E-state index contributed by atoms with van der Waals surface area (Å²) in [6.07, 6.45) is 2.87. The van der Waals surface area contributed by atoms with Gasteiger partial charge in [0.2, 0.25) is 0 Å². The normalized spacial score (nSPS) is 11.5. The van der Waals surface area contributed by atoms with Gasteiger partial charge in [-0.05, 0) is 118 Å². The number of hydrogen-bond donors (Lipinski definition) is 0. The molecule has 278 valence electrons. The average Bonchev–Trinajstić information content (AvgIpc) is 3.64. The highest BCUT2D eigenvalue weighted by Gasteiger charge is 2.21. The SMILES string of the molecule is C=C(C)C(=O)Oc1ccc2ccccc2c1CCc1cc2ccccc2c2c1sc1c(CCc3c(OC(=O)C(=C)C)ccc4ccccc34)cc3ccccc3c12. The predicted octanol–water partition coefficient (Wildman–Crippen LogP) is 13.2. The lowest BCUT2D eigenvalue weighted by atomic mass is 9.92. The van der Waals surface area contributed by atoms with E-state index >= 15 is 0 Å². The van der Waals surface area contributed by atoms with E-state index in [2.05, 4.69) is 98.1 Å². The lowest BCUT2D eigenvalue weighted by Gasteiger charge is -2.15. The third kappa shape index (κ3) is 6.64. The van der Waals surface area contributed by atoms with Crippen molar-refractivity contribution in [1.29, 1.82) is 0 Å². The molecule has 9 rings (SSSR count). The molecule has 0 amide bonds. The molecule has 9 aromatic rings. The quantitative estimate of drug-likeness (QED) is 0.0791. The summed E-state index contributed by atoms with van der Waals surface area (Å²) in [7, 11) is 0. The van der Waals surface area contributed by atoms with Crippen LogP contribution in [0, 0.1) is 0 Å². The van der Waals surface area contributed by atoms with Gasteiger partial charge in [-0.2, -0.15) is 0 Å². The predicted molar refractivity (Wildman–Crippen MR) is 238 cm³/mol. The Morgan fingerprint density at radius 1 is 0.474 bits per heavy atom. The molecule has 0 radical (unpaired) electrons. The topological polar surface area (TPSA) is 52.6 Å². The summed E-state index contributed by atoms with van der Waals surface area (Å²) in [6, 6.07) is 46.5. The van der Waals surface area contributed by atoms with Gasteiger partial charge in [-0.1, -0.05) is 122 Å². The molecule has 1 heterocycles. The third-order valence-corrected chi connectivity index (χ3v) is 12.3. The van der Waals surface area contributed by atoms with E-state index in [1.807, 2.05) is 59.9 Å². The number of carbonyl (C=O) groups excluding carboxylic acids is 2. The van der Waals surface area contributed by atoms with E-state index in [-0.39, 0.29) is 0 Å². The van der Waals surface area contributed by atoms with Crippen molar-refractivity contribution in [2.24, 2.45) is 0 Å². The van der Waals surface area contributed by atoms with Gasteiger partial charge >= 0.3 is 11.9 Å². The maximum atomic E-state index is 12.8. The van der Waals surface area contributed by atoms with Gasteiger partial charge in [0.05, 0.1) is 0 Å². The lowest BCUT2D eigenvalue weighted by molar-refractivity contribution is -0.131. The van der Waals surface area contributed by atoms with Crippen molar-refractivity contribution in [2.45, 2.75) is 39.5 Å². The van der Waals surface area contributed by atoms with Crippen LogP contribution in [0.3, 0.4) is 0 Å². The van der Waals surface area contributed by atoms with Crippen molar-refractivity contribution in [3.05, 3.63) is 180 Å². The Hall–Kier alpha value is -6.56. The molecule has 4 nitrogen and oxygen atoms in total. The molecule has 0 fully saturated rings. The molecule has 0 saturated carbocycles. The zero-order valence-electron chi connectivity index (χ0n) is 32.0. The molecule has 0 aliphatic rings. The summed E-state index contributed by atoms with van der Waals surface area (Å²) in [5.74, 6) is 0.302. The van der Waals surface area contributed by atoms with Crippen LogP contribution in [0.5, 0.6) is 11.5 Å². The molecule has 0 N–H and O–H groups in total. The zero-order chi connectivity index (χ0) is 39.2. The van der Waals surface area contributed by atoms with Crippen LogP contribution < -0.4 is 9.47 Å². The van der Waals surface area contributed by atoms with Crippen molar-refractivity contribution in [3.8, 4) is 11.5 Å². The first-order valence-corrected chi connectivity index (χ1v) is 20.1. The maximum Gasteiger partial charge on any atom is 0.338 e. The number of hydrogen-bond acceptors (Lipinski definition) is 5. The van der Waals surface area contributed by atoms with E-state index in [0.717, 1.165) is 45.5 Å². The van der Waals surface area contributed by atoms with Crippen LogP contribution >= 0.6 is 11.3 Å². The van der Waals surface area contributed by atoms with Crippen LogP contribution in [-0.4, -0.2) is 11.9 Å². The molecule has 1 aromatic heterocycles. The molecular formula is C52H40O4S. The second-order valence-electron chi connectivity index (χ2n) is 14.9. The molecule has 0 aliphatic heterocycles. The first-order chi connectivity index (χ1) is 27.7. The maximum absolute atomic E-state index is 12.8. The summed E-state index contributed by atoms with van der Waals surface area (Å²) in [5, 5.41) is 11.8. The first-order valence-electron chi connectivity index (χ1n) is 19.3. The van der Waals surface area contributed by atoms with Crippen LogP contribution in [-0.2, 0) is 35.3 Å². The highest BCUT2D eigenvalue weighted by atomic mass is 32.1. The summed E-state index contributed by atoms with van der Waals surface area (Å²) in [6.45, 7) is 11.0. The van der Waals surface area contributed by atoms with Gasteiger partial charge in [0.15, 0.2) is 0 Å². The van der Waals surface area contributed by atoms with Crippen molar-refractivity contribution in [2.75, 3.05) is 0 Å². The van der Waals surface area contributed by atoms with E-state index in [9.17, 15) is 9.59 Å². The fourth-order valence-corrected chi connectivity index (χ4v) is 9.62. The Kier molecular flexibility index (Phi) is 9.39. The smallest absolute Gasteiger partial charge is 0.338 e. The zero-order valence-corrected chi connectivity index (χ0v) is 32.8. The Balaban J connectivity index is 1.20. The van der Waals surface area contributed by atoms with Crippen LogP contribution in [0.1, 0.15) is 36.1 Å². The third-order valence-electron chi connectivity index (χ3n) is 11.0. The molecule has 57 heavy (non-hydrogen) atoms. The van der Waals surface area contributed by atoms with E-state index < -0.39 is 11.9 Å². The summed E-state index contributed by atoms with van der Waals surface area (Å²) in [4.78, 5) is 25.6. The number of rotatable bonds is 10. The van der Waals surface area contributed by atoms with Gasteiger partial charge in [0.1, 0.15) is 11.5 Å². The second kappa shape index (κ2) is 14.8. The lowest BCUT2D eigenvalue weighted by Crippen LogP contribution is -2.10. The van der Waals surface area contributed by atoms with Gasteiger partial charge in [-0.25, -0.2) is 9.59 Å². The largest absolute Gasteiger partial charge is 0.423 e. The summed E-state index contributed by atoms with van der Waals surface area (Å²) in [5.41, 5.74) is 5.26. The van der Waals surface area contributed by atoms with Crippen LogP contribution in [0.4, 0.5) is 0 Å². The van der Waals surface area contributed by atoms with Gasteiger partial charge in [0, 0.05) is 42.4 Å². The van der Waals surface area contributed by atoms with Crippen molar-refractivity contribution >= 4 is 86.5 Å². The van der Waals surface area contributed by atoms with Crippen LogP contribution in [0.15, 0.2) is 158 Å². The van der Waals surface area contributed by atoms with Crippen molar-refractivity contribution in [3.63, 3.8) is 0 Å². The molecule has 0 spiro atoms. The van der Waals surface area contributed by atoms with Gasteiger partial charge in [-0.15, -0.1) is 11.3 Å². The highest BCUT2D eigenvalue weighted by molar-refractivity contribution is 7.26. The fourth-order valence-electron chi connectivity index (χ4n) is 8.21. The number of esters is 2. The van der Waals surface area contributed by atoms with E-state index in [4.69, 9.17) is 9.47 Å². The van der Waals surface area contributed by atoms with Gasteiger partial charge in [0.25, 0.3) is 0 Å². The number of carbonyl (C=O) groups is 2. The molecule has 0 unspecified atom stereocenters. The minimum Gasteiger partial charge on any atom is -0.423 e. The molecule has 5 heteroatoms. The van der Waals surface area contributed by atoms with Crippen LogP contribution in [0.25, 0.3) is 63.3 Å². The van der Waals surface area contributed by atoms with E-state index in [1.165, 1.54) is 52.8 Å². The number of fused-ring (bicyclic) bond motifs is 9. The molecular weight excluding hydrogens is 721 g/mol. The highest BCUT2D eigenvalue weighted by Crippen LogP contribution is 2.46. The van der Waals surface area contributed by atoms with Crippen molar-refractivity contribution < 1.29 is 19.1 Å². The number of ether oxygens (including phenoxy) is 2. The molecule has 8 aromatic carbocycles. The van der Waals surface area contributed by atoms with Crippen LogP contribution in [0.2, 0.25) is 0 Å². The molecule has 0 bridgehead atoms. The molecule has 0 saturated heterocycles. The average molecular weight is 761 g/mol. The minimum atomic E-state index is -0.423. The number of thiophene rings is 1. The standard InChI is InChI=1S/C52H40O4S/c1-31(2)51(53)55-45-27-23-33-13-5-9-17-39(33)43(45)25-21-37-29-35-15-7-11-19-41(35)47-48-42-20-12-8-16-36(42)30-38(50(48)57-49(37)47)22-26-44-40-18-10-6-14-34(40)24-28-46(44)56-52(54)32(3)4/h5-20,23-24,27-30H,1,3,21-22,25-26H2,2,4H3. The fraction of sp³-hybridized carbons (Fsp3) is 0.115. The Morgan fingerprint density at radius 2 is 0.842 bits per heavy atom. The number of benzene rings is 8. The summed E-state index contributed by atoms with van der Waals surface area (Å²) < 4.78 is 14.4. The molecule has 0 aliphatic carbocycles. The Labute approximate surface area is 335 Å². The minimum absolute atomic E-state index is 0.364. The second-order valence-corrected chi connectivity index (χ2v) is 15.9. The number of aryl methyl sites for hydroxylation is 4. The Morgan fingerprint density at radius 3 is 1.25 bits per heavy atom. The van der Waals surface area contributed by atoms with E-state index in [0.29, 0.717) is 35.5 Å². The van der Waals surface area contributed by atoms with Gasteiger partial charge < -0.3 is 9.47 Å². The monoisotopic (exact) mass is 760 g/mol. The Bertz CT molecular complexity index is 2920. The first kappa shape index (κ1) is 36.1. The van der Waals surface area contributed by atoms with Gasteiger partial charge in [-0.3, -0.25) is 0 Å². The van der Waals surface area contributed by atoms with E-state index in [1.54, 1.807) is 13.8 Å². The van der Waals surface area contributed by atoms with Crippen molar-refractivity contribution in [1.82, 2.24) is 0 Å². The summed E-state index contributed by atoms with van der Waals surface area (Å²) >= 11 is 1.87.